The van der Waals surface area contributed by atoms with Crippen LogP contribution in [0.4, 0.5) is 22.7 Å². The smallest absolute Gasteiger partial charge is 0.251 e. The summed E-state index contributed by atoms with van der Waals surface area (Å²) in [6.07, 6.45) is 6.41. The lowest BCUT2D eigenvalue weighted by Gasteiger charge is -2.24. The summed E-state index contributed by atoms with van der Waals surface area (Å²) in [6.45, 7) is 5.71. The van der Waals surface area contributed by atoms with Gasteiger partial charge in [-0.1, -0.05) is 36.9 Å². The van der Waals surface area contributed by atoms with Crippen LogP contribution in [0.1, 0.15) is 46.5 Å². The number of benzene rings is 4. The first-order valence-corrected chi connectivity index (χ1v) is 19.3. The Morgan fingerprint density at radius 1 is 0.963 bits per heavy atom. The number of aromatic nitrogens is 1. The summed E-state index contributed by atoms with van der Waals surface area (Å²) in [4.78, 5) is 63.6. The van der Waals surface area contributed by atoms with E-state index >= 15 is 0 Å². The molecule has 0 saturated heterocycles. The van der Waals surface area contributed by atoms with Crippen LogP contribution in [0, 0.1) is 11.3 Å². The van der Waals surface area contributed by atoms with Crippen LogP contribution in [0.25, 0.3) is 16.3 Å². The normalized spacial score (nSPS) is 18.5. The van der Waals surface area contributed by atoms with Crippen LogP contribution in [0.5, 0.6) is 0 Å². The molecule has 8 rings (SSSR count). The molecule has 0 saturated carbocycles. The Hall–Kier alpha value is -6.03. The highest BCUT2D eigenvalue weighted by atomic mass is 32.2. The van der Waals surface area contributed by atoms with Gasteiger partial charge in [0.25, 0.3) is 5.91 Å². The highest BCUT2D eigenvalue weighted by Crippen LogP contribution is 2.43. The Kier molecular flexibility index (Phi) is 9.13. The second-order valence-electron chi connectivity index (χ2n) is 13.6. The van der Waals surface area contributed by atoms with E-state index in [1.165, 1.54) is 33.9 Å². The van der Waals surface area contributed by atoms with E-state index in [1.54, 1.807) is 40.1 Å². The molecule has 3 aliphatic rings. The van der Waals surface area contributed by atoms with E-state index in [0.717, 1.165) is 23.3 Å². The number of anilines is 4. The van der Waals surface area contributed by atoms with Gasteiger partial charge in [-0.15, -0.1) is 23.1 Å². The average Bonchev–Trinajstić information content (AvgIpc) is 3.89. The highest BCUT2D eigenvalue weighted by Gasteiger charge is 2.46. The summed E-state index contributed by atoms with van der Waals surface area (Å²) in [7, 11) is 0. The predicted molar refractivity (Wildman–Crippen MR) is 214 cm³/mol. The molecular formula is C42H34N6O4S2. The topological polar surface area (TPSA) is 136 Å². The van der Waals surface area contributed by atoms with Crippen molar-refractivity contribution in [3.8, 4) is 6.07 Å². The number of carbonyl (C=O) groups excluding carboxylic acids is 4. The number of hydrogen-bond acceptors (Lipinski definition) is 8. The molecule has 1 aromatic heterocycles. The molecule has 0 radical (unpaired) electrons. The van der Waals surface area contributed by atoms with Gasteiger partial charge in [-0.3, -0.25) is 19.2 Å². The van der Waals surface area contributed by atoms with Crippen LogP contribution in [-0.2, 0) is 31.0 Å². The van der Waals surface area contributed by atoms with Crippen molar-refractivity contribution in [2.75, 3.05) is 39.3 Å². The van der Waals surface area contributed by atoms with Gasteiger partial charge in [0.15, 0.2) is 5.01 Å². The van der Waals surface area contributed by atoms with Crippen molar-refractivity contribution < 1.29 is 19.2 Å². The zero-order valence-corrected chi connectivity index (χ0v) is 30.9. The van der Waals surface area contributed by atoms with Gasteiger partial charge in [-0.25, -0.2) is 4.98 Å². The van der Waals surface area contributed by atoms with E-state index < -0.39 is 11.3 Å². The van der Waals surface area contributed by atoms with Gasteiger partial charge in [0, 0.05) is 46.8 Å². The monoisotopic (exact) mass is 750 g/mol. The summed E-state index contributed by atoms with van der Waals surface area (Å²) < 4.78 is 0.843. The number of thioether (sulfide) groups is 1. The number of para-hydroxylation sites is 1. The first kappa shape index (κ1) is 35.0. The number of nitrogens with one attached hydrogen (secondary N) is 2. The fraction of sp³-hybridized carbons (Fsp3) is 0.190. The Bertz CT molecular complexity index is 2480. The Balaban J connectivity index is 1.05. The number of fused-ring (bicyclic) bond motifs is 4. The van der Waals surface area contributed by atoms with Crippen molar-refractivity contribution in [1.29, 1.82) is 5.26 Å². The Morgan fingerprint density at radius 3 is 2.59 bits per heavy atom. The first-order valence-electron chi connectivity index (χ1n) is 17.5. The number of carbonyl (C=O) groups is 4. The zero-order valence-electron chi connectivity index (χ0n) is 29.3. The molecule has 268 valence electrons. The number of hydrogen-bond donors (Lipinski definition) is 2. The zero-order chi connectivity index (χ0) is 37.6. The maximum absolute atomic E-state index is 14.0. The molecule has 2 atom stereocenters. The second kappa shape index (κ2) is 14.1. The number of nitriles is 1. The van der Waals surface area contributed by atoms with Crippen LogP contribution in [0.3, 0.4) is 0 Å². The van der Waals surface area contributed by atoms with E-state index in [2.05, 4.69) is 28.3 Å². The average molecular weight is 751 g/mol. The van der Waals surface area contributed by atoms with Crippen LogP contribution in [0.2, 0.25) is 0 Å². The van der Waals surface area contributed by atoms with Crippen molar-refractivity contribution in [1.82, 2.24) is 4.98 Å². The van der Waals surface area contributed by atoms with Crippen LogP contribution >= 0.6 is 23.1 Å². The van der Waals surface area contributed by atoms with E-state index in [1.807, 2.05) is 73.3 Å². The number of nitrogens with zero attached hydrogens (tertiary/aromatic N) is 4. The molecule has 12 heteroatoms. The molecule has 0 spiro atoms. The summed E-state index contributed by atoms with van der Waals surface area (Å²) in [5, 5.41) is 15.7. The Morgan fingerprint density at radius 2 is 1.76 bits per heavy atom. The standard InChI is InChI=1S/C42H34N6O4S2/c1-3-37(49)47-23-29(40(51)44-27-14-16-34-26(20-27)9-7-19-53-34)39-25(8-6-12-33(39)47)13-18-38(50)48-24-42(2,30-10-4-5-11-32(30)48)41(52)45-28-15-17-35-31(21-28)46-36(22-43)54-35/h3-6,8,10-18,20-21,29H,1,7,9,19,23-24H2,2H3,(H,44,51)(H,45,52)/b18-13-. The molecule has 54 heavy (non-hydrogen) atoms. The minimum atomic E-state index is -1.08. The van der Waals surface area contributed by atoms with Crippen molar-refractivity contribution in [3.05, 3.63) is 125 Å². The fourth-order valence-corrected chi connectivity index (χ4v) is 9.29. The van der Waals surface area contributed by atoms with Gasteiger partial charge in [0.2, 0.25) is 17.7 Å². The summed E-state index contributed by atoms with van der Waals surface area (Å²) >= 11 is 3.11. The van der Waals surface area contributed by atoms with Crippen LogP contribution in [0.15, 0.2) is 102 Å². The molecule has 4 amide bonds. The lowest BCUT2D eigenvalue weighted by Crippen LogP contribution is -2.43. The van der Waals surface area contributed by atoms with E-state index in [9.17, 15) is 24.4 Å². The maximum Gasteiger partial charge on any atom is 0.251 e. The third kappa shape index (κ3) is 6.25. The maximum atomic E-state index is 14.0. The number of rotatable bonds is 7. The third-order valence-corrected chi connectivity index (χ3v) is 12.4. The van der Waals surface area contributed by atoms with Gasteiger partial charge in [-0.2, -0.15) is 5.26 Å². The first-order chi connectivity index (χ1) is 26.2. The SMILES string of the molecule is C=CC(=O)N1CC(C(=O)Nc2ccc3c(c2)CCCS3)c2c(/C=C\C(=O)N3CC(C)(C(=O)Nc4ccc5sc(C#N)nc5c4)c4ccccc43)cccc21. The van der Waals surface area contributed by atoms with Crippen molar-refractivity contribution in [3.63, 3.8) is 0 Å². The fourth-order valence-electron chi connectivity index (χ4n) is 7.53. The molecule has 5 aromatic rings. The molecular weight excluding hydrogens is 717 g/mol. The van der Waals surface area contributed by atoms with Gasteiger partial charge in [-0.05, 0) is 108 Å². The van der Waals surface area contributed by atoms with Crippen LogP contribution < -0.4 is 20.4 Å². The predicted octanol–water partition coefficient (Wildman–Crippen LogP) is 7.42. The van der Waals surface area contributed by atoms with Gasteiger partial charge in [0.05, 0.1) is 21.5 Å². The summed E-state index contributed by atoms with van der Waals surface area (Å²) in [5.41, 5.74) is 5.20. The van der Waals surface area contributed by atoms with Gasteiger partial charge >= 0.3 is 0 Å². The van der Waals surface area contributed by atoms with Crippen molar-refractivity contribution in [2.24, 2.45) is 0 Å². The molecule has 0 aliphatic carbocycles. The molecule has 2 N–H and O–H groups in total. The van der Waals surface area contributed by atoms with Crippen LogP contribution in [-0.4, -0.2) is 47.5 Å². The number of thiazole rings is 1. The van der Waals surface area contributed by atoms with E-state index in [-0.39, 0.29) is 36.7 Å². The minimum Gasteiger partial charge on any atom is -0.325 e. The molecule has 3 aliphatic heterocycles. The summed E-state index contributed by atoms with van der Waals surface area (Å²) in [6, 6.07) is 26.2. The Labute approximate surface area is 320 Å². The van der Waals surface area contributed by atoms with E-state index in [4.69, 9.17) is 0 Å². The van der Waals surface area contributed by atoms with Gasteiger partial charge < -0.3 is 20.4 Å². The third-order valence-electron chi connectivity index (χ3n) is 10.2. The van der Waals surface area contributed by atoms with Gasteiger partial charge in [0.1, 0.15) is 6.07 Å². The number of aryl methyl sites for hydroxylation is 1. The van der Waals surface area contributed by atoms with Crippen molar-refractivity contribution in [2.45, 2.75) is 36.0 Å². The highest BCUT2D eigenvalue weighted by molar-refractivity contribution is 7.99. The molecule has 4 heterocycles. The second-order valence-corrected chi connectivity index (χ2v) is 15.8. The van der Waals surface area contributed by atoms with Crippen molar-refractivity contribution >= 4 is 85.8 Å². The quantitative estimate of drug-likeness (QED) is 0.165. The molecule has 0 bridgehead atoms. The molecule has 10 nitrogen and oxygen atoms in total. The molecule has 2 unspecified atom stereocenters. The van der Waals surface area contributed by atoms with E-state index in [0.29, 0.717) is 50.0 Å². The minimum absolute atomic E-state index is 0.0949. The lowest BCUT2D eigenvalue weighted by molar-refractivity contribution is -0.121. The molecule has 0 fully saturated rings. The number of amides is 4. The summed E-state index contributed by atoms with van der Waals surface area (Å²) in [5.74, 6) is -0.807. The molecule has 4 aromatic carbocycles. The lowest BCUT2D eigenvalue weighted by atomic mass is 9.83. The largest absolute Gasteiger partial charge is 0.325 e.